The maximum Gasteiger partial charge on any atom is 0.220 e. The quantitative estimate of drug-likeness (QED) is 0.789. The van der Waals surface area contributed by atoms with Crippen molar-refractivity contribution in [2.24, 2.45) is 5.92 Å². The van der Waals surface area contributed by atoms with Crippen molar-refractivity contribution < 1.29 is 9.53 Å². The van der Waals surface area contributed by atoms with E-state index in [0.717, 1.165) is 51.0 Å². The van der Waals surface area contributed by atoms with E-state index in [2.05, 4.69) is 28.4 Å². The summed E-state index contributed by atoms with van der Waals surface area (Å²) in [6.45, 7) is 4.69. The average Bonchev–Trinajstić information content (AvgIpc) is 3.35. The van der Waals surface area contributed by atoms with Crippen LogP contribution >= 0.6 is 11.3 Å². The monoisotopic (exact) mass is 387 g/mol. The number of hydrogen-bond donors (Lipinski definition) is 1. The van der Waals surface area contributed by atoms with Gasteiger partial charge in [-0.05, 0) is 63.2 Å². The number of ether oxygens (including phenoxy) is 1. The number of carbonyl (C=O) groups is 1. The van der Waals surface area contributed by atoms with E-state index in [4.69, 9.17) is 9.72 Å². The van der Waals surface area contributed by atoms with Gasteiger partial charge in [0, 0.05) is 19.6 Å². The Bertz CT molecular complexity index is 716. The SMILES string of the molecule is O=C(CCC1CCN(Cc2nc3ccccc3s2)CC1)NCC1CCCO1. The second kappa shape index (κ2) is 9.13. The summed E-state index contributed by atoms with van der Waals surface area (Å²) in [4.78, 5) is 19.3. The predicted octanol–water partition coefficient (Wildman–Crippen LogP) is 3.58. The van der Waals surface area contributed by atoms with Crippen LogP contribution in [0.3, 0.4) is 0 Å². The van der Waals surface area contributed by atoms with Crippen LogP contribution in [0.4, 0.5) is 0 Å². The predicted molar refractivity (Wildman–Crippen MR) is 109 cm³/mol. The molecule has 0 aliphatic carbocycles. The highest BCUT2D eigenvalue weighted by Gasteiger charge is 2.21. The molecule has 1 aromatic carbocycles. The molecule has 2 fully saturated rings. The number of piperidine rings is 1. The van der Waals surface area contributed by atoms with Gasteiger partial charge in [-0.2, -0.15) is 0 Å². The van der Waals surface area contributed by atoms with E-state index in [1.165, 1.54) is 22.5 Å². The second-order valence-electron chi connectivity index (χ2n) is 7.77. The van der Waals surface area contributed by atoms with E-state index < -0.39 is 0 Å². The van der Waals surface area contributed by atoms with Gasteiger partial charge in [0.1, 0.15) is 5.01 Å². The number of nitrogens with one attached hydrogen (secondary N) is 1. The molecule has 2 aliphatic heterocycles. The first-order valence-corrected chi connectivity index (χ1v) is 11.0. The van der Waals surface area contributed by atoms with Crippen molar-refractivity contribution in [1.82, 2.24) is 15.2 Å². The van der Waals surface area contributed by atoms with E-state index in [1.807, 2.05) is 6.07 Å². The zero-order chi connectivity index (χ0) is 18.5. The Morgan fingerprint density at radius 3 is 2.89 bits per heavy atom. The summed E-state index contributed by atoms with van der Waals surface area (Å²) in [5, 5.41) is 4.25. The number of hydrogen-bond acceptors (Lipinski definition) is 5. The molecule has 1 aromatic heterocycles. The normalized spacial score (nSPS) is 21.7. The Kier molecular flexibility index (Phi) is 6.37. The van der Waals surface area contributed by atoms with Crippen LogP contribution in [0.15, 0.2) is 24.3 Å². The summed E-state index contributed by atoms with van der Waals surface area (Å²) in [6.07, 6.45) is 6.46. The number of thiazole rings is 1. The Hall–Kier alpha value is -1.50. The third-order valence-corrected chi connectivity index (χ3v) is 6.76. The maximum atomic E-state index is 12.0. The van der Waals surface area contributed by atoms with E-state index in [0.29, 0.717) is 18.9 Å². The molecule has 0 radical (unpaired) electrons. The zero-order valence-corrected chi connectivity index (χ0v) is 16.7. The van der Waals surface area contributed by atoms with Gasteiger partial charge < -0.3 is 10.1 Å². The van der Waals surface area contributed by atoms with Gasteiger partial charge in [-0.1, -0.05) is 12.1 Å². The van der Waals surface area contributed by atoms with Crippen molar-refractivity contribution in [2.75, 3.05) is 26.2 Å². The van der Waals surface area contributed by atoms with Crippen LogP contribution < -0.4 is 5.32 Å². The highest BCUT2D eigenvalue weighted by molar-refractivity contribution is 7.18. The Labute approximate surface area is 165 Å². The fraction of sp³-hybridized carbons (Fsp3) is 0.619. The minimum Gasteiger partial charge on any atom is -0.376 e. The number of fused-ring (bicyclic) bond motifs is 1. The van der Waals surface area contributed by atoms with Crippen molar-refractivity contribution in [3.05, 3.63) is 29.3 Å². The summed E-state index contributed by atoms with van der Waals surface area (Å²) in [7, 11) is 0. The Morgan fingerprint density at radius 2 is 2.11 bits per heavy atom. The van der Waals surface area contributed by atoms with Gasteiger partial charge in [0.15, 0.2) is 0 Å². The van der Waals surface area contributed by atoms with Crippen LogP contribution in [0.1, 0.15) is 43.5 Å². The molecule has 2 aromatic rings. The maximum absolute atomic E-state index is 12.0. The highest BCUT2D eigenvalue weighted by atomic mass is 32.1. The molecule has 27 heavy (non-hydrogen) atoms. The molecule has 6 heteroatoms. The first-order chi connectivity index (χ1) is 13.3. The number of likely N-dealkylation sites (tertiary alicyclic amines) is 1. The lowest BCUT2D eigenvalue weighted by molar-refractivity contribution is -0.122. The molecule has 3 heterocycles. The van der Waals surface area contributed by atoms with E-state index in [1.54, 1.807) is 11.3 Å². The number of amides is 1. The van der Waals surface area contributed by atoms with E-state index >= 15 is 0 Å². The Morgan fingerprint density at radius 1 is 1.26 bits per heavy atom. The smallest absolute Gasteiger partial charge is 0.220 e. The number of aromatic nitrogens is 1. The number of benzene rings is 1. The van der Waals surface area contributed by atoms with Crippen molar-refractivity contribution in [3.63, 3.8) is 0 Å². The minimum atomic E-state index is 0.183. The van der Waals surface area contributed by atoms with Crippen LogP contribution in [0.5, 0.6) is 0 Å². The Balaban J connectivity index is 1.15. The number of carbonyl (C=O) groups excluding carboxylic acids is 1. The van der Waals surface area contributed by atoms with Gasteiger partial charge in [-0.15, -0.1) is 11.3 Å². The van der Waals surface area contributed by atoms with E-state index in [-0.39, 0.29) is 12.0 Å². The molecule has 0 saturated carbocycles. The molecule has 0 bridgehead atoms. The molecule has 4 rings (SSSR count). The topological polar surface area (TPSA) is 54.5 Å². The molecule has 1 amide bonds. The van der Waals surface area contributed by atoms with Crippen molar-refractivity contribution in [3.8, 4) is 0 Å². The second-order valence-corrected chi connectivity index (χ2v) is 8.89. The lowest BCUT2D eigenvalue weighted by Gasteiger charge is -2.31. The van der Waals surface area contributed by atoms with Crippen LogP contribution in [0.25, 0.3) is 10.2 Å². The first-order valence-electron chi connectivity index (χ1n) is 10.2. The van der Waals surface area contributed by atoms with Gasteiger partial charge >= 0.3 is 0 Å². The molecule has 146 valence electrons. The average molecular weight is 388 g/mol. The van der Waals surface area contributed by atoms with Crippen molar-refractivity contribution >= 4 is 27.5 Å². The largest absolute Gasteiger partial charge is 0.376 e. The lowest BCUT2D eigenvalue weighted by Crippen LogP contribution is -2.34. The fourth-order valence-corrected chi connectivity index (χ4v) is 5.08. The summed E-state index contributed by atoms with van der Waals surface area (Å²) < 4.78 is 6.83. The van der Waals surface area contributed by atoms with Crippen LogP contribution in [-0.2, 0) is 16.1 Å². The number of nitrogens with zero attached hydrogens (tertiary/aromatic N) is 2. The van der Waals surface area contributed by atoms with Crippen molar-refractivity contribution in [2.45, 2.75) is 51.2 Å². The molecule has 1 N–H and O–H groups in total. The summed E-state index contributed by atoms with van der Waals surface area (Å²) in [5.41, 5.74) is 1.11. The lowest BCUT2D eigenvalue weighted by atomic mass is 9.92. The van der Waals surface area contributed by atoms with E-state index in [9.17, 15) is 4.79 Å². The molecule has 0 spiro atoms. The molecule has 1 unspecified atom stereocenters. The summed E-state index contributed by atoms with van der Waals surface area (Å²) in [6, 6.07) is 8.36. The fourth-order valence-electron chi connectivity index (χ4n) is 4.07. The summed E-state index contributed by atoms with van der Waals surface area (Å²) >= 11 is 1.81. The minimum absolute atomic E-state index is 0.183. The number of para-hydroxylation sites is 1. The van der Waals surface area contributed by atoms with Gasteiger partial charge in [0.25, 0.3) is 0 Å². The first kappa shape index (κ1) is 18.8. The van der Waals surface area contributed by atoms with Crippen LogP contribution in [0, 0.1) is 5.92 Å². The highest BCUT2D eigenvalue weighted by Crippen LogP contribution is 2.26. The molecule has 2 aliphatic rings. The molecule has 1 atom stereocenters. The van der Waals surface area contributed by atoms with Crippen molar-refractivity contribution in [1.29, 1.82) is 0 Å². The summed E-state index contributed by atoms with van der Waals surface area (Å²) in [5.74, 6) is 0.854. The van der Waals surface area contributed by atoms with Crippen LogP contribution in [-0.4, -0.2) is 48.1 Å². The zero-order valence-electron chi connectivity index (χ0n) is 15.9. The van der Waals surface area contributed by atoms with Gasteiger partial charge in [0.2, 0.25) is 5.91 Å². The third kappa shape index (κ3) is 5.27. The van der Waals surface area contributed by atoms with Gasteiger partial charge in [-0.25, -0.2) is 4.98 Å². The van der Waals surface area contributed by atoms with Crippen LogP contribution in [0.2, 0.25) is 0 Å². The molecule has 2 saturated heterocycles. The molecular weight excluding hydrogens is 358 g/mol. The van der Waals surface area contributed by atoms with Gasteiger partial charge in [0.05, 0.1) is 22.9 Å². The standard InChI is InChI=1S/C21H29N3O2S/c25-20(22-14-17-4-3-13-26-17)8-7-16-9-11-24(12-10-16)15-21-23-18-5-1-2-6-19(18)27-21/h1-2,5-6,16-17H,3-4,7-15H2,(H,22,25). The molecule has 5 nitrogen and oxygen atoms in total. The third-order valence-electron chi connectivity index (χ3n) is 5.73. The number of rotatable bonds is 7. The molecular formula is C21H29N3O2S. The van der Waals surface area contributed by atoms with Gasteiger partial charge in [-0.3, -0.25) is 9.69 Å².